The van der Waals surface area contributed by atoms with E-state index in [4.69, 9.17) is 0 Å². The van der Waals surface area contributed by atoms with Crippen molar-refractivity contribution >= 4 is 20.2 Å². The van der Waals surface area contributed by atoms with Crippen LogP contribution in [0.3, 0.4) is 0 Å². The second-order valence-electron chi connectivity index (χ2n) is 2.15. The normalized spacial score (nSPS) is 8.45. The summed E-state index contributed by atoms with van der Waals surface area (Å²) >= 11 is 2.44. The molecule has 1 aromatic rings. The fourth-order valence-corrected chi connectivity index (χ4v) is 0.975. The fraction of sp³-hybridized carbons (Fsp3) is 0.125. The molecule has 0 saturated heterocycles. The molecule has 0 fully saturated rings. The van der Waals surface area contributed by atoms with Gasteiger partial charge in [-0.2, -0.15) is 0 Å². The van der Waals surface area contributed by atoms with Gasteiger partial charge in [0.05, 0.1) is 0 Å². The van der Waals surface area contributed by atoms with E-state index < -0.39 is 0 Å². The van der Waals surface area contributed by atoms with Crippen LogP contribution in [0.4, 0.5) is 0 Å². The van der Waals surface area contributed by atoms with Crippen molar-refractivity contribution in [3.63, 3.8) is 0 Å². The van der Waals surface area contributed by atoms with Crippen molar-refractivity contribution in [2.24, 2.45) is 0 Å². The smallest absolute Gasteiger partial charge is 1.00 e. The molecule has 1 nitrogen and oxygen atoms in total. The number of hydrogen-bond donors (Lipinski definition) is 0. The van der Waals surface area contributed by atoms with E-state index in [9.17, 15) is 5.11 Å². The van der Waals surface area contributed by atoms with E-state index in [1.807, 2.05) is 31.2 Å². The molecule has 0 spiro atoms. The number of benzene rings is 1. The molecular weight excluding hydrogens is 230 g/mol. The van der Waals surface area contributed by atoms with Gasteiger partial charge in [0.25, 0.3) is 0 Å². The first kappa shape index (κ1) is 12.0. The van der Waals surface area contributed by atoms with Crippen LogP contribution in [-0.4, -0.2) is 20.2 Å². The van der Waals surface area contributed by atoms with Crippen LogP contribution in [0.5, 0.6) is 0 Å². The van der Waals surface area contributed by atoms with Crippen LogP contribution in [0, 0.1) is 6.92 Å². The molecule has 0 aliphatic carbocycles. The van der Waals surface area contributed by atoms with Crippen LogP contribution in [0.2, 0.25) is 0 Å². The summed E-state index contributed by atoms with van der Waals surface area (Å²) in [5.74, 6) is 0. The van der Waals surface area contributed by atoms with Crippen molar-refractivity contribution in [1.29, 1.82) is 0 Å². The molecule has 0 bridgehead atoms. The van der Waals surface area contributed by atoms with Crippen LogP contribution in [0.25, 0.3) is 0 Å². The molecule has 0 aliphatic heterocycles. The molecule has 3 heteroatoms. The fourth-order valence-electron chi connectivity index (χ4n) is 0.690. The van der Waals surface area contributed by atoms with Crippen molar-refractivity contribution < 1.29 is 56.5 Å². The Balaban J connectivity index is 0.000001000. The summed E-state index contributed by atoms with van der Waals surface area (Å²) in [5, 5.41) is 10.7. The molecule has 0 unspecified atom stereocenters. The van der Waals surface area contributed by atoms with E-state index in [0.29, 0.717) is 0 Å². The van der Waals surface area contributed by atoms with Crippen molar-refractivity contribution in [2.45, 2.75) is 6.92 Å². The Morgan fingerprint density at radius 3 is 2.09 bits per heavy atom. The Morgan fingerprint density at radius 2 is 1.73 bits per heavy atom. The molecule has 0 amide bonds. The predicted octanol–water partition coefficient (Wildman–Crippen LogP) is -2.99. The van der Waals surface area contributed by atoms with Gasteiger partial charge in [0, 0.05) is 0 Å². The first-order valence-electron chi connectivity index (χ1n) is 2.98. The summed E-state index contributed by atoms with van der Waals surface area (Å²) in [5.41, 5.74) is 1.90. The quantitative estimate of drug-likeness (QED) is 0.478. The Kier molecular flexibility index (Phi) is 6.19. The zero-order chi connectivity index (χ0) is 7.56. The maximum atomic E-state index is 10.7. The van der Waals surface area contributed by atoms with Gasteiger partial charge in [-0.25, -0.2) is 0 Å². The van der Waals surface area contributed by atoms with Gasteiger partial charge in [0.1, 0.15) is 0 Å². The van der Waals surface area contributed by atoms with Gasteiger partial charge in [0.15, 0.2) is 0 Å². The topological polar surface area (TPSA) is 23.1 Å². The van der Waals surface area contributed by atoms with Crippen molar-refractivity contribution in [3.05, 3.63) is 35.4 Å². The molecule has 0 aromatic heterocycles. The van der Waals surface area contributed by atoms with Crippen molar-refractivity contribution in [1.82, 2.24) is 0 Å². The number of aryl methyl sites for hydroxylation is 1. The Labute approximate surface area is 117 Å². The summed E-state index contributed by atoms with van der Waals surface area (Å²) in [6.45, 7) is 1.99. The van der Waals surface area contributed by atoms with Crippen LogP contribution in [0.1, 0.15) is 11.1 Å². The van der Waals surface area contributed by atoms with E-state index >= 15 is 0 Å². The van der Waals surface area contributed by atoms with Gasteiger partial charge in [-0.1, -0.05) is 0 Å². The van der Waals surface area contributed by atoms with Crippen LogP contribution in [-0.2, 0) is 0 Å². The number of hydrogen-bond acceptors (Lipinski definition) is 1. The van der Waals surface area contributed by atoms with E-state index in [1.165, 1.54) is 5.56 Å². The minimum Gasteiger partial charge on any atom is 1.00 e. The predicted molar refractivity (Wildman–Crippen MR) is 41.0 cm³/mol. The van der Waals surface area contributed by atoms with E-state index in [1.54, 1.807) is 0 Å². The Morgan fingerprint density at radius 1 is 1.27 bits per heavy atom. The molecule has 1 rings (SSSR count). The van der Waals surface area contributed by atoms with E-state index in [2.05, 4.69) is 15.6 Å². The third kappa shape index (κ3) is 3.99. The molecular formula is C8H7KOSe. The zero-order valence-electron chi connectivity index (χ0n) is 6.63. The molecule has 0 aliphatic rings. The molecule has 0 saturated carbocycles. The van der Waals surface area contributed by atoms with Gasteiger partial charge in [-0.15, -0.1) is 0 Å². The average molecular weight is 237 g/mol. The monoisotopic (exact) mass is 238 g/mol. The summed E-state index contributed by atoms with van der Waals surface area (Å²) in [6, 6.07) is 7.47. The third-order valence-corrected chi connectivity index (χ3v) is 1.78. The molecule has 1 aromatic carbocycles. The summed E-state index contributed by atoms with van der Waals surface area (Å²) < 4.78 is 0.000000000000000444. The van der Waals surface area contributed by atoms with Gasteiger partial charge >= 0.3 is 119 Å². The Bertz CT molecular complexity index is 243. The minimum atomic E-state index is 0. The van der Waals surface area contributed by atoms with Crippen molar-refractivity contribution in [3.8, 4) is 0 Å². The Hall–Kier alpha value is 1.05. The summed E-state index contributed by atoms with van der Waals surface area (Å²) in [4.78, 5) is 0. The van der Waals surface area contributed by atoms with Gasteiger partial charge in [-0.05, 0) is 0 Å². The molecule has 0 atom stereocenters. The maximum absolute atomic E-state index is 10.7. The molecule has 11 heavy (non-hydrogen) atoms. The summed E-state index contributed by atoms with van der Waals surface area (Å²) in [6.07, 6.45) is 0. The second-order valence-corrected chi connectivity index (χ2v) is 2.93. The molecule has 0 heterocycles. The molecule has 0 radical (unpaired) electrons. The van der Waals surface area contributed by atoms with Crippen LogP contribution >= 0.6 is 0 Å². The van der Waals surface area contributed by atoms with Gasteiger partial charge in [0.2, 0.25) is 0 Å². The number of rotatable bonds is 1. The standard InChI is InChI=1S/C8H8OSe.K/c1-6-2-4-7(5-3-6)8(9)10;/h2-5H,1H3,(H,9,10);/q;+1/p-1. The van der Waals surface area contributed by atoms with Gasteiger partial charge in [-0.3, -0.25) is 0 Å². The third-order valence-electron chi connectivity index (χ3n) is 1.29. The van der Waals surface area contributed by atoms with E-state index in [-0.39, 0.29) is 56.0 Å². The first-order chi connectivity index (χ1) is 4.70. The van der Waals surface area contributed by atoms with E-state index in [0.717, 1.165) is 5.56 Å². The zero-order valence-corrected chi connectivity index (χ0v) is 11.5. The maximum Gasteiger partial charge on any atom is 1.00 e. The minimum absolute atomic E-state index is 0. The second kappa shape index (κ2) is 5.65. The van der Waals surface area contributed by atoms with Crippen LogP contribution in [0.15, 0.2) is 24.3 Å². The first-order valence-corrected chi connectivity index (χ1v) is 3.84. The average Bonchev–Trinajstić information content (AvgIpc) is 1.88. The molecule has 0 N–H and O–H groups in total. The summed E-state index contributed by atoms with van der Waals surface area (Å²) in [7, 11) is 0. The van der Waals surface area contributed by atoms with Gasteiger partial charge < -0.3 is 0 Å². The largest absolute Gasteiger partial charge is 1.00 e. The SMILES string of the molecule is Cc1ccc(C([O-])=[Se])cc1.[K+]. The van der Waals surface area contributed by atoms with Crippen LogP contribution < -0.4 is 56.5 Å². The molecule has 52 valence electrons. The van der Waals surface area contributed by atoms with Crippen molar-refractivity contribution in [2.75, 3.05) is 0 Å².